The third-order valence-electron chi connectivity index (χ3n) is 9.37. The van der Waals surface area contributed by atoms with Crippen molar-refractivity contribution in [3.05, 3.63) is 12.2 Å². The van der Waals surface area contributed by atoms with E-state index in [1.807, 2.05) is 0 Å². The highest BCUT2D eigenvalue weighted by molar-refractivity contribution is 5.76. The van der Waals surface area contributed by atoms with Crippen LogP contribution in [0.1, 0.15) is 213 Å². The zero-order valence-electron chi connectivity index (χ0n) is 30.3. The van der Waals surface area contributed by atoms with Gasteiger partial charge in [-0.3, -0.25) is 4.79 Å². The van der Waals surface area contributed by atoms with Crippen LogP contribution in [0.4, 0.5) is 0 Å². The van der Waals surface area contributed by atoms with Crippen molar-refractivity contribution in [1.29, 1.82) is 0 Å². The van der Waals surface area contributed by atoms with E-state index >= 15 is 0 Å². The average molecular weight is 638 g/mol. The normalized spacial score (nSPS) is 13.8. The molecule has 0 aliphatic heterocycles. The Kier molecular flexibility index (Phi) is 35.2. The molecule has 268 valence electrons. The van der Waals surface area contributed by atoms with Gasteiger partial charge in [0.15, 0.2) is 0 Å². The lowest BCUT2D eigenvalue weighted by molar-refractivity contribution is -0.124. The molecule has 0 aromatic heterocycles. The molecular formula is C40H79NO4. The van der Waals surface area contributed by atoms with Crippen molar-refractivity contribution < 1.29 is 20.1 Å². The lowest BCUT2D eigenvalue weighted by Crippen LogP contribution is -2.50. The molecule has 5 nitrogen and oxygen atoms in total. The van der Waals surface area contributed by atoms with E-state index in [1.165, 1.54) is 148 Å². The van der Waals surface area contributed by atoms with Crippen molar-refractivity contribution in [3.8, 4) is 0 Å². The Labute approximate surface area is 280 Å². The molecular weight excluding hydrogens is 558 g/mol. The maximum absolute atomic E-state index is 12.3. The highest BCUT2D eigenvalue weighted by Gasteiger charge is 2.26. The summed E-state index contributed by atoms with van der Waals surface area (Å²) in [6, 6.07) is -0.818. The second-order valence-electron chi connectivity index (χ2n) is 13.8. The summed E-state index contributed by atoms with van der Waals surface area (Å²) in [6.07, 6.45) is 40.4. The van der Waals surface area contributed by atoms with Crippen molar-refractivity contribution in [3.63, 3.8) is 0 Å². The van der Waals surface area contributed by atoms with E-state index in [4.69, 9.17) is 0 Å². The topological polar surface area (TPSA) is 89.8 Å². The minimum absolute atomic E-state index is 0.157. The van der Waals surface area contributed by atoms with Crippen molar-refractivity contribution in [1.82, 2.24) is 5.32 Å². The molecule has 0 aliphatic rings. The molecule has 5 heteroatoms. The van der Waals surface area contributed by atoms with Gasteiger partial charge in [-0.2, -0.15) is 0 Å². The van der Waals surface area contributed by atoms with Gasteiger partial charge in [0.05, 0.1) is 18.8 Å². The Morgan fingerprint density at radius 1 is 0.533 bits per heavy atom. The average Bonchev–Trinajstić information content (AvgIpc) is 3.04. The van der Waals surface area contributed by atoms with E-state index in [0.717, 1.165) is 38.5 Å². The first-order chi connectivity index (χ1) is 22.1. The van der Waals surface area contributed by atoms with Crippen LogP contribution in [-0.2, 0) is 4.79 Å². The Balaban J connectivity index is 3.62. The fourth-order valence-corrected chi connectivity index (χ4v) is 6.22. The first kappa shape index (κ1) is 44.1. The van der Waals surface area contributed by atoms with Crippen LogP contribution in [0.2, 0.25) is 0 Å². The number of unbranched alkanes of at least 4 members (excludes halogenated alkanes) is 26. The van der Waals surface area contributed by atoms with E-state index in [1.54, 1.807) is 0 Å². The van der Waals surface area contributed by atoms with Crippen LogP contribution in [0.25, 0.3) is 0 Å². The van der Waals surface area contributed by atoms with E-state index in [0.29, 0.717) is 12.8 Å². The Bertz CT molecular complexity index is 625. The third-order valence-corrected chi connectivity index (χ3v) is 9.37. The molecule has 0 saturated carbocycles. The van der Waals surface area contributed by atoms with Crippen LogP contribution in [0.5, 0.6) is 0 Å². The molecule has 0 aromatic carbocycles. The third kappa shape index (κ3) is 31.5. The zero-order chi connectivity index (χ0) is 33.1. The van der Waals surface area contributed by atoms with Gasteiger partial charge in [-0.1, -0.05) is 180 Å². The van der Waals surface area contributed by atoms with Gasteiger partial charge in [-0.05, 0) is 38.5 Å². The Morgan fingerprint density at radius 2 is 0.889 bits per heavy atom. The predicted molar refractivity (Wildman–Crippen MR) is 195 cm³/mol. The molecule has 0 spiro atoms. The van der Waals surface area contributed by atoms with Crippen LogP contribution in [0.3, 0.4) is 0 Å². The van der Waals surface area contributed by atoms with Crippen LogP contribution in [-0.4, -0.2) is 46.1 Å². The standard InChI is InChI=1S/C40H79NO4/c1-3-5-7-9-11-13-14-15-16-17-18-19-20-21-22-23-24-25-27-28-30-32-34-38(43)40(45)37(36-42)41-39(44)35-33-31-29-26-12-10-8-6-4-2/h27-28,37-38,40,42-43,45H,3-26,29-36H2,1-2H3,(H,41,44)/b28-27+. The summed E-state index contributed by atoms with van der Waals surface area (Å²) in [5.74, 6) is -0.157. The fourth-order valence-electron chi connectivity index (χ4n) is 6.22. The molecule has 3 atom stereocenters. The number of carbonyl (C=O) groups excluding carboxylic acids is 1. The molecule has 4 N–H and O–H groups in total. The number of carbonyl (C=O) groups is 1. The van der Waals surface area contributed by atoms with Gasteiger partial charge >= 0.3 is 0 Å². The maximum Gasteiger partial charge on any atom is 0.220 e. The predicted octanol–water partition coefficient (Wildman–Crippen LogP) is 10.9. The van der Waals surface area contributed by atoms with Gasteiger partial charge in [0, 0.05) is 6.42 Å². The number of aliphatic hydroxyl groups is 3. The quantitative estimate of drug-likeness (QED) is 0.0406. The van der Waals surface area contributed by atoms with E-state index < -0.39 is 18.2 Å². The number of hydrogen-bond acceptors (Lipinski definition) is 4. The van der Waals surface area contributed by atoms with Gasteiger partial charge in [-0.25, -0.2) is 0 Å². The molecule has 0 saturated heterocycles. The molecule has 0 aliphatic carbocycles. The number of nitrogens with one attached hydrogen (secondary N) is 1. The summed E-state index contributed by atoms with van der Waals surface area (Å²) >= 11 is 0. The molecule has 0 heterocycles. The molecule has 0 rings (SSSR count). The molecule has 0 aromatic rings. The molecule has 0 bridgehead atoms. The van der Waals surface area contributed by atoms with Gasteiger partial charge in [0.1, 0.15) is 6.10 Å². The fraction of sp³-hybridized carbons (Fsp3) is 0.925. The van der Waals surface area contributed by atoms with Crippen molar-refractivity contribution in [2.75, 3.05) is 6.61 Å². The van der Waals surface area contributed by atoms with Gasteiger partial charge < -0.3 is 20.6 Å². The lowest BCUT2D eigenvalue weighted by atomic mass is 10.0. The molecule has 0 fully saturated rings. The summed E-state index contributed by atoms with van der Waals surface area (Å²) in [4.78, 5) is 12.3. The molecule has 3 unspecified atom stereocenters. The minimum atomic E-state index is -1.15. The SMILES string of the molecule is CCCCCCCCCCCCCCCCCCC/C=C/CCCC(O)C(O)C(CO)NC(=O)CCCCCCCCCCC. The molecule has 0 radical (unpaired) electrons. The van der Waals surface area contributed by atoms with Crippen LogP contribution in [0, 0.1) is 0 Å². The maximum atomic E-state index is 12.3. The summed E-state index contributed by atoms with van der Waals surface area (Å²) < 4.78 is 0. The van der Waals surface area contributed by atoms with Crippen molar-refractivity contribution in [2.24, 2.45) is 0 Å². The largest absolute Gasteiger partial charge is 0.394 e. The second kappa shape index (κ2) is 35.9. The lowest BCUT2D eigenvalue weighted by Gasteiger charge is -2.26. The number of hydrogen-bond donors (Lipinski definition) is 4. The monoisotopic (exact) mass is 638 g/mol. The highest BCUT2D eigenvalue weighted by atomic mass is 16.3. The van der Waals surface area contributed by atoms with E-state index in [9.17, 15) is 20.1 Å². The van der Waals surface area contributed by atoms with E-state index in [-0.39, 0.29) is 12.5 Å². The summed E-state index contributed by atoms with van der Waals surface area (Å²) in [5.41, 5.74) is 0. The first-order valence-corrected chi connectivity index (χ1v) is 20.0. The summed E-state index contributed by atoms with van der Waals surface area (Å²) in [5, 5.41) is 33.3. The Morgan fingerprint density at radius 3 is 1.29 bits per heavy atom. The van der Waals surface area contributed by atoms with Crippen molar-refractivity contribution in [2.45, 2.75) is 231 Å². The first-order valence-electron chi connectivity index (χ1n) is 20.0. The van der Waals surface area contributed by atoms with Crippen LogP contribution < -0.4 is 5.32 Å². The summed E-state index contributed by atoms with van der Waals surface area (Å²) in [7, 11) is 0. The number of aliphatic hydroxyl groups excluding tert-OH is 3. The Hall–Kier alpha value is -0.910. The zero-order valence-corrected chi connectivity index (χ0v) is 30.3. The van der Waals surface area contributed by atoms with Gasteiger partial charge in [0.25, 0.3) is 0 Å². The van der Waals surface area contributed by atoms with Crippen LogP contribution >= 0.6 is 0 Å². The number of rotatable bonds is 36. The van der Waals surface area contributed by atoms with Crippen molar-refractivity contribution >= 4 is 5.91 Å². The molecule has 45 heavy (non-hydrogen) atoms. The van der Waals surface area contributed by atoms with E-state index in [2.05, 4.69) is 31.3 Å². The summed E-state index contributed by atoms with van der Waals surface area (Å²) in [6.45, 7) is 4.14. The number of allylic oxidation sites excluding steroid dienone is 2. The second-order valence-corrected chi connectivity index (χ2v) is 13.8. The van der Waals surface area contributed by atoms with Crippen LogP contribution in [0.15, 0.2) is 12.2 Å². The molecule has 1 amide bonds. The van der Waals surface area contributed by atoms with Gasteiger partial charge in [-0.15, -0.1) is 0 Å². The number of amides is 1. The minimum Gasteiger partial charge on any atom is -0.394 e. The highest BCUT2D eigenvalue weighted by Crippen LogP contribution is 2.15. The smallest absolute Gasteiger partial charge is 0.220 e. The van der Waals surface area contributed by atoms with Gasteiger partial charge in [0.2, 0.25) is 5.91 Å².